The van der Waals surface area contributed by atoms with Crippen LogP contribution in [0.15, 0.2) is 88.2 Å². The van der Waals surface area contributed by atoms with Gasteiger partial charge < -0.3 is 18.9 Å². The summed E-state index contributed by atoms with van der Waals surface area (Å²) >= 11 is 4.84. The van der Waals surface area contributed by atoms with E-state index < -0.39 is 30.3 Å². The van der Waals surface area contributed by atoms with Gasteiger partial charge in [-0.3, -0.25) is 9.59 Å². The van der Waals surface area contributed by atoms with E-state index in [4.69, 9.17) is 14.5 Å². The van der Waals surface area contributed by atoms with Crippen molar-refractivity contribution in [3.63, 3.8) is 0 Å². The Hall–Kier alpha value is -6.16. The van der Waals surface area contributed by atoms with E-state index in [1.807, 2.05) is 63.7 Å². The largest absolute Gasteiger partial charge is 0.470 e. The molecule has 2 aromatic carbocycles. The van der Waals surface area contributed by atoms with E-state index in [1.54, 1.807) is 30.6 Å². The second-order valence-corrected chi connectivity index (χ2v) is 38.8. The fourth-order valence-electron chi connectivity index (χ4n) is 9.87. The molecular weight excluding hydrogens is 1310 g/mol. The summed E-state index contributed by atoms with van der Waals surface area (Å²) in [5.74, 6) is 0.191. The van der Waals surface area contributed by atoms with E-state index in [2.05, 4.69) is 160 Å². The van der Waals surface area contributed by atoms with Gasteiger partial charge in [0.2, 0.25) is 11.8 Å². The van der Waals surface area contributed by atoms with Gasteiger partial charge in [-0.25, -0.2) is 23.9 Å². The summed E-state index contributed by atoms with van der Waals surface area (Å²) in [7, 11) is 4.92. The van der Waals surface area contributed by atoms with Crippen molar-refractivity contribution in [2.24, 2.45) is 14.1 Å². The van der Waals surface area contributed by atoms with Crippen molar-refractivity contribution in [2.45, 2.75) is 160 Å². The molecule has 468 valence electrons. The SMILES string of the molecule is CCC[CH2][Sn]([CH2]CCC)([CH2]CCC)[c]1nc(C)cs1.CCOC(=O)/C=C/C(=O)OC.Cc1ccc([C@H](C)CC(=O)COc2cc(C)c3c(-c4nc(C)cs4)nn(C)c3n2)cc1.Cc1ccc([C@H](C)CC(=O)COc2cc(C)c3c(Br)nn(C)c3n2)cc1. The standard InChI is InChI=1S/C24H26N4O2S.C20H22BrN3O2.C7H10O4.C4H4NS.3C4H9.Sn/c1-14-6-8-18(9-7-14)15(2)10-19(29)12-30-20-11-16(3)21-22(24-25-17(4)13-31-24)27-28(5)23(21)26-20;1-12-5-7-15(8-6-12)13(2)9-16(25)11-26-17-10-14(3)18-19(21)23-24(4)20(18)22-17;1-3-11-7(9)5-4-6(8)10-2;1-4-2-6-3-5-4;3*1-3-4-2;/h6-9,11,13,15H,10,12H2,1-5H3;5-8,10,13H,9,11H2,1-4H3;4-5H,3H2,1-2H3;2H,1H3;3*1,3-4H2,2H3;/b;;5-4+;;;;;/t15-;13-;;;;;;/m11....../s1. The summed E-state index contributed by atoms with van der Waals surface area (Å²) in [6.45, 7) is 25.4. The average molecular weight is 1400 g/mol. The Balaban J connectivity index is 0.000000224. The topological polar surface area (TPSA) is 192 Å². The van der Waals surface area contributed by atoms with Crippen LogP contribution in [-0.2, 0) is 42.7 Å². The Morgan fingerprint density at radius 2 is 1.06 bits per heavy atom. The van der Waals surface area contributed by atoms with E-state index in [0.717, 1.165) is 71.9 Å². The van der Waals surface area contributed by atoms with E-state index in [0.29, 0.717) is 31.2 Å². The molecule has 0 bridgehead atoms. The molecule has 0 fully saturated rings. The number of esters is 2. The Bertz CT molecular complexity index is 3520. The number of aryl methyl sites for hydroxylation is 8. The molecular formula is C67H89BrN8O8S2Sn. The van der Waals surface area contributed by atoms with Gasteiger partial charge in [0.1, 0.15) is 28.5 Å². The number of unbranched alkanes of at least 4 members (excludes halogenated alkanes) is 3. The van der Waals surface area contributed by atoms with Gasteiger partial charge in [0.25, 0.3) is 0 Å². The third-order valence-electron chi connectivity index (χ3n) is 14.8. The number of hydrogen-bond acceptors (Lipinski definition) is 16. The number of ether oxygens (including phenoxy) is 4. The van der Waals surface area contributed by atoms with Gasteiger partial charge in [0.05, 0.1) is 24.5 Å². The molecule has 0 aliphatic rings. The molecule has 6 aromatic heterocycles. The number of carbonyl (C=O) groups is 4. The van der Waals surface area contributed by atoms with Crippen LogP contribution in [0.5, 0.6) is 11.8 Å². The summed E-state index contributed by atoms with van der Waals surface area (Å²) in [5.41, 5.74) is 11.3. The first-order chi connectivity index (χ1) is 41.5. The maximum atomic E-state index is 12.5. The second kappa shape index (κ2) is 35.7. The first kappa shape index (κ1) is 71.6. The number of methoxy groups -OCH3 is 1. The number of halogens is 1. The number of thiazole rings is 2. The van der Waals surface area contributed by atoms with Crippen LogP contribution in [-0.4, -0.2) is 108 Å². The summed E-state index contributed by atoms with van der Waals surface area (Å²) < 4.78 is 30.6. The first-order valence-corrected chi connectivity index (χ1v) is 40.1. The van der Waals surface area contributed by atoms with Crippen LogP contribution in [0.1, 0.15) is 150 Å². The predicted octanol–water partition coefficient (Wildman–Crippen LogP) is 15.4. The molecule has 0 amide bonds. The van der Waals surface area contributed by atoms with Crippen molar-refractivity contribution >= 4 is 106 Å². The summed E-state index contributed by atoms with van der Waals surface area (Å²) in [5, 5.41) is 16.0. The molecule has 6 heterocycles. The van der Waals surface area contributed by atoms with Crippen molar-refractivity contribution in [3.05, 3.63) is 133 Å². The van der Waals surface area contributed by atoms with Crippen LogP contribution in [0.25, 0.3) is 32.8 Å². The van der Waals surface area contributed by atoms with Crippen LogP contribution < -0.4 is 12.5 Å². The Kier molecular flexibility index (Phi) is 29.4. The third-order valence-corrected chi connectivity index (χ3v) is 35.1. The number of carbonyl (C=O) groups excluding carboxylic acids is 4. The zero-order chi connectivity index (χ0) is 63.8. The van der Waals surface area contributed by atoms with Crippen LogP contribution in [0.4, 0.5) is 0 Å². The molecule has 20 heteroatoms. The predicted molar refractivity (Wildman–Crippen MR) is 359 cm³/mol. The Morgan fingerprint density at radius 1 is 0.609 bits per heavy atom. The van der Waals surface area contributed by atoms with Crippen LogP contribution in [0.2, 0.25) is 13.3 Å². The number of aromatic nitrogens is 8. The van der Waals surface area contributed by atoms with Gasteiger partial charge in [-0.15, -0.1) is 11.3 Å². The van der Waals surface area contributed by atoms with Crippen molar-refractivity contribution in [3.8, 4) is 22.5 Å². The number of ketones is 2. The minimum Gasteiger partial charge on any atom is -0.470 e. The molecule has 0 spiro atoms. The quantitative estimate of drug-likeness (QED) is 0.0282. The van der Waals surface area contributed by atoms with Crippen molar-refractivity contribution < 1.29 is 38.1 Å². The molecule has 87 heavy (non-hydrogen) atoms. The van der Waals surface area contributed by atoms with Crippen molar-refractivity contribution in [1.29, 1.82) is 0 Å². The second-order valence-electron chi connectivity index (χ2n) is 22.3. The van der Waals surface area contributed by atoms with Gasteiger partial charge in [0.15, 0.2) is 22.9 Å². The summed E-state index contributed by atoms with van der Waals surface area (Å²) in [4.78, 5) is 64.4. The van der Waals surface area contributed by atoms with E-state index in [-0.39, 0.29) is 36.6 Å². The maximum absolute atomic E-state index is 12.5. The minimum absolute atomic E-state index is 0.00450. The number of fused-ring (bicyclic) bond motifs is 2. The molecule has 8 rings (SSSR count). The number of Topliss-reactive ketones (excluding diaryl/α,β-unsaturated/α-hetero) is 2. The van der Waals surface area contributed by atoms with Crippen molar-refractivity contribution in [2.75, 3.05) is 26.9 Å². The molecule has 2 atom stereocenters. The van der Waals surface area contributed by atoms with Crippen LogP contribution >= 0.6 is 38.6 Å². The number of nitrogens with zero attached hydrogens (tertiary/aromatic N) is 8. The molecule has 0 radical (unpaired) electrons. The number of rotatable bonds is 26. The smallest absolute Gasteiger partial charge is 0.330 e. The molecule has 8 aromatic rings. The van der Waals surface area contributed by atoms with Gasteiger partial charge in [0, 0.05) is 62.3 Å². The number of benzene rings is 2. The molecule has 0 saturated carbocycles. The molecule has 0 aliphatic carbocycles. The maximum Gasteiger partial charge on any atom is 0.330 e. The summed E-state index contributed by atoms with van der Waals surface area (Å²) in [6.07, 6.45) is 11.3. The first-order valence-electron chi connectivity index (χ1n) is 30.1. The van der Waals surface area contributed by atoms with Crippen molar-refractivity contribution in [1.82, 2.24) is 39.5 Å². The van der Waals surface area contributed by atoms with Gasteiger partial charge in [-0.05, 0) is 91.6 Å². The molecule has 0 unspecified atom stereocenters. The van der Waals surface area contributed by atoms with Gasteiger partial charge >= 0.3 is 140 Å². The zero-order valence-electron chi connectivity index (χ0n) is 53.7. The van der Waals surface area contributed by atoms with Gasteiger partial charge in [-0.1, -0.05) is 73.5 Å². The molecule has 0 N–H and O–H groups in total. The minimum atomic E-state index is -2.17. The zero-order valence-corrected chi connectivity index (χ0v) is 59.7. The fraction of sp³-hybridized carbons (Fsp3) is 0.463. The Labute approximate surface area is 535 Å². The third kappa shape index (κ3) is 21.8. The van der Waals surface area contributed by atoms with E-state index in [1.165, 1.54) is 81.3 Å². The average Bonchev–Trinajstić information content (AvgIpc) is 1.85. The normalized spacial score (nSPS) is 11.9. The van der Waals surface area contributed by atoms with Crippen LogP contribution in [0, 0.1) is 41.5 Å². The van der Waals surface area contributed by atoms with Gasteiger partial charge in [-0.2, -0.15) is 20.2 Å². The molecule has 0 aliphatic heterocycles. The molecule has 16 nitrogen and oxygen atoms in total. The monoisotopic (exact) mass is 1400 g/mol. The van der Waals surface area contributed by atoms with Crippen LogP contribution in [0.3, 0.4) is 0 Å². The number of hydrogen-bond donors (Lipinski definition) is 0. The fourth-order valence-corrected chi connectivity index (χ4v) is 30.8. The number of pyridine rings is 2. The summed E-state index contributed by atoms with van der Waals surface area (Å²) in [6, 6.07) is 20.3. The Morgan fingerprint density at radius 3 is 1.49 bits per heavy atom. The van der Waals surface area contributed by atoms with E-state index in [9.17, 15) is 19.2 Å². The molecule has 0 saturated heterocycles. The van der Waals surface area contributed by atoms with E-state index >= 15 is 0 Å².